The van der Waals surface area contributed by atoms with Crippen LogP contribution in [-0.4, -0.2) is 36.7 Å². The van der Waals surface area contributed by atoms with E-state index in [2.05, 4.69) is 0 Å². The van der Waals surface area contributed by atoms with E-state index in [9.17, 15) is 14.0 Å². The molecular weight excluding hydrogens is 486 g/mol. The maximum Gasteiger partial charge on any atom is 0.245 e. The van der Waals surface area contributed by atoms with Gasteiger partial charge in [-0.15, -0.1) is 24.2 Å². The first-order valence-electron chi connectivity index (χ1n) is 10.8. The highest BCUT2D eigenvalue weighted by Crippen LogP contribution is 2.37. The van der Waals surface area contributed by atoms with Gasteiger partial charge in [-0.25, -0.2) is 4.39 Å². The molecule has 1 fully saturated rings. The molecule has 2 aromatic carbocycles. The number of ketones is 1. The fraction of sp³-hybridized carbons (Fsp3) is 0.417. The number of carbonyl (C=O) groups is 2. The Balaban J connectivity index is 0.00000306. The van der Waals surface area contributed by atoms with E-state index in [1.807, 2.05) is 12.1 Å². The molecule has 2 aliphatic rings. The second kappa shape index (κ2) is 11.7. The summed E-state index contributed by atoms with van der Waals surface area (Å²) in [7, 11) is 0. The molecule has 0 aromatic heterocycles. The number of carbonyl (C=O) groups excluding carboxylic acids is 2. The first-order chi connectivity index (χ1) is 15.4. The number of halogens is 3. The smallest absolute Gasteiger partial charge is 0.245 e. The van der Waals surface area contributed by atoms with E-state index in [-0.39, 0.29) is 42.6 Å². The summed E-state index contributed by atoms with van der Waals surface area (Å²) >= 11 is 7.32. The molecule has 0 saturated carbocycles. The predicted molar refractivity (Wildman–Crippen MR) is 132 cm³/mol. The lowest BCUT2D eigenvalue weighted by Gasteiger charge is -2.25. The van der Waals surface area contributed by atoms with Crippen molar-refractivity contribution in [1.29, 1.82) is 0 Å². The molecule has 178 valence electrons. The van der Waals surface area contributed by atoms with Crippen LogP contribution in [0.5, 0.6) is 0 Å². The van der Waals surface area contributed by atoms with Crippen LogP contribution in [0.1, 0.15) is 41.6 Å². The summed E-state index contributed by atoms with van der Waals surface area (Å²) in [5.74, 6) is -0.275. The lowest BCUT2D eigenvalue weighted by atomic mass is 9.92. The standard InChI is InChI=1S/C24H26ClFN2O3S.ClH/c25-17-4-1-16(2-5-17)13-28-21-11-18(22(29)6-3-15-7-9-31-10-8-15)19(26)12-23(21)32-14-20(27)24(28)30;/h1-2,4-5,11-12,15,20H,3,6-10,13-14,27H2;1H/t20-;/m0./s1. The zero-order chi connectivity index (χ0) is 22.7. The molecule has 1 atom stereocenters. The van der Waals surface area contributed by atoms with Crippen molar-refractivity contribution >= 4 is 53.1 Å². The van der Waals surface area contributed by atoms with Crippen LogP contribution in [0.15, 0.2) is 41.3 Å². The van der Waals surface area contributed by atoms with E-state index in [1.165, 1.54) is 23.9 Å². The molecule has 2 aromatic rings. The molecule has 9 heteroatoms. The number of rotatable bonds is 6. The van der Waals surface area contributed by atoms with E-state index < -0.39 is 11.9 Å². The van der Waals surface area contributed by atoms with Crippen LogP contribution in [-0.2, 0) is 16.1 Å². The summed E-state index contributed by atoms with van der Waals surface area (Å²) in [6, 6.07) is 9.35. The summed E-state index contributed by atoms with van der Waals surface area (Å²) in [5.41, 5.74) is 7.51. The number of benzene rings is 2. The van der Waals surface area contributed by atoms with Crippen LogP contribution in [0, 0.1) is 11.7 Å². The highest BCUT2D eigenvalue weighted by Gasteiger charge is 2.30. The SMILES string of the molecule is Cl.N[C@H]1CSc2cc(F)c(C(=O)CCC3CCOCC3)cc2N(Cc2ccc(Cl)cc2)C1=O. The quantitative estimate of drug-likeness (QED) is 0.534. The molecule has 5 nitrogen and oxygen atoms in total. The van der Waals surface area contributed by atoms with Crippen molar-refractivity contribution in [3.05, 3.63) is 58.4 Å². The predicted octanol–water partition coefficient (Wildman–Crippen LogP) is 5.26. The van der Waals surface area contributed by atoms with Crippen LogP contribution in [0.4, 0.5) is 10.1 Å². The Labute approximate surface area is 208 Å². The van der Waals surface area contributed by atoms with E-state index in [0.717, 1.165) is 18.4 Å². The second-order valence-corrected chi connectivity index (χ2v) is 9.78. The van der Waals surface area contributed by atoms with Crippen LogP contribution in [0.25, 0.3) is 0 Å². The van der Waals surface area contributed by atoms with Gasteiger partial charge in [0.15, 0.2) is 5.78 Å². The molecule has 2 heterocycles. The number of amides is 1. The lowest BCUT2D eigenvalue weighted by molar-refractivity contribution is -0.119. The maximum absolute atomic E-state index is 14.9. The number of nitrogens with zero attached hydrogens (tertiary/aromatic N) is 1. The Hall–Kier alpha value is -1.64. The molecule has 0 unspecified atom stereocenters. The number of Topliss-reactive ketones (excluding diaryl/α,β-unsaturated/α-hetero) is 1. The van der Waals surface area contributed by atoms with Crippen molar-refractivity contribution in [2.24, 2.45) is 11.7 Å². The number of hydrogen-bond acceptors (Lipinski definition) is 5. The highest BCUT2D eigenvalue weighted by molar-refractivity contribution is 7.99. The van der Waals surface area contributed by atoms with Crippen LogP contribution >= 0.6 is 35.8 Å². The molecule has 0 spiro atoms. The van der Waals surface area contributed by atoms with Crippen molar-refractivity contribution in [3.63, 3.8) is 0 Å². The molecule has 1 amide bonds. The third kappa shape index (κ3) is 6.28. The minimum atomic E-state index is -0.713. The van der Waals surface area contributed by atoms with Gasteiger partial charge in [0.2, 0.25) is 5.91 Å². The summed E-state index contributed by atoms with van der Waals surface area (Å²) in [6.07, 6.45) is 2.85. The van der Waals surface area contributed by atoms with Gasteiger partial charge in [0.25, 0.3) is 0 Å². The van der Waals surface area contributed by atoms with Crippen LogP contribution < -0.4 is 10.6 Å². The van der Waals surface area contributed by atoms with Crippen molar-refractivity contribution in [1.82, 2.24) is 0 Å². The van der Waals surface area contributed by atoms with Crippen LogP contribution in [0.2, 0.25) is 5.02 Å². The maximum atomic E-state index is 14.9. The summed E-state index contributed by atoms with van der Waals surface area (Å²) in [4.78, 5) is 28.1. The summed E-state index contributed by atoms with van der Waals surface area (Å²) in [6.45, 7) is 1.69. The third-order valence-corrected chi connectivity index (χ3v) is 7.43. The van der Waals surface area contributed by atoms with E-state index >= 15 is 0 Å². The van der Waals surface area contributed by atoms with Crippen molar-refractivity contribution < 1.29 is 18.7 Å². The molecule has 2 N–H and O–H groups in total. The summed E-state index contributed by atoms with van der Waals surface area (Å²) < 4.78 is 20.3. The fourth-order valence-electron chi connectivity index (χ4n) is 4.09. The fourth-order valence-corrected chi connectivity index (χ4v) is 5.23. The molecule has 0 bridgehead atoms. The molecule has 0 radical (unpaired) electrons. The largest absolute Gasteiger partial charge is 0.381 e. The molecular formula is C24H27Cl2FN2O3S. The number of hydrogen-bond donors (Lipinski definition) is 1. The number of anilines is 1. The Bertz CT molecular complexity index is 1000. The van der Waals surface area contributed by atoms with Crippen molar-refractivity contribution in [3.8, 4) is 0 Å². The van der Waals surface area contributed by atoms with Gasteiger partial charge in [0.05, 0.1) is 23.8 Å². The van der Waals surface area contributed by atoms with Crippen LogP contribution in [0.3, 0.4) is 0 Å². The first-order valence-corrected chi connectivity index (χ1v) is 12.2. The molecule has 1 saturated heterocycles. The Morgan fingerprint density at radius 3 is 2.61 bits per heavy atom. The van der Waals surface area contributed by atoms with Gasteiger partial charge in [0.1, 0.15) is 5.82 Å². The van der Waals surface area contributed by atoms with Gasteiger partial charge in [-0.05, 0) is 55.0 Å². The second-order valence-electron chi connectivity index (χ2n) is 8.29. The zero-order valence-electron chi connectivity index (χ0n) is 18.1. The van der Waals surface area contributed by atoms with E-state index in [0.29, 0.717) is 46.9 Å². The van der Waals surface area contributed by atoms with Gasteiger partial charge in [0, 0.05) is 35.3 Å². The summed E-state index contributed by atoms with van der Waals surface area (Å²) in [5, 5.41) is 0.600. The number of nitrogens with two attached hydrogens (primary N) is 1. The van der Waals surface area contributed by atoms with Gasteiger partial charge < -0.3 is 15.4 Å². The topological polar surface area (TPSA) is 72.6 Å². The monoisotopic (exact) mass is 512 g/mol. The van der Waals surface area contributed by atoms with Crippen molar-refractivity contribution in [2.45, 2.75) is 43.2 Å². The molecule has 0 aliphatic carbocycles. The average Bonchev–Trinajstić information content (AvgIpc) is 2.91. The number of ether oxygens (including phenoxy) is 1. The van der Waals surface area contributed by atoms with Crippen molar-refractivity contribution in [2.75, 3.05) is 23.9 Å². The molecule has 4 rings (SSSR count). The lowest BCUT2D eigenvalue weighted by Crippen LogP contribution is -2.44. The van der Waals surface area contributed by atoms with Gasteiger partial charge >= 0.3 is 0 Å². The minimum absolute atomic E-state index is 0. The minimum Gasteiger partial charge on any atom is -0.381 e. The Morgan fingerprint density at radius 1 is 1.21 bits per heavy atom. The Morgan fingerprint density at radius 2 is 1.91 bits per heavy atom. The molecule has 2 aliphatic heterocycles. The molecule has 33 heavy (non-hydrogen) atoms. The number of fused-ring (bicyclic) bond motifs is 1. The Kier molecular flexibility index (Phi) is 9.18. The van der Waals surface area contributed by atoms with E-state index in [4.69, 9.17) is 22.1 Å². The number of thioether (sulfide) groups is 1. The van der Waals surface area contributed by atoms with Gasteiger partial charge in [-0.3, -0.25) is 9.59 Å². The first kappa shape index (κ1) is 26.0. The zero-order valence-corrected chi connectivity index (χ0v) is 20.5. The highest BCUT2D eigenvalue weighted by atomic mass is 35.5. The van der Waals surface area contributed by atoms with Gasteiger partial charge in [-0.1, -0.05) is 23.7 Å². The van der Waals surface area contributed by atoms with E-state index in [1.54, 1.807) is 17.0 Å². The average molecular weight is 513 g/mol. The third-order valence-electron chi connectivity index (χ3n) is 6.02. The normalized spacial score (nSPS) is 18.9. The van der Waals surface area contributed by atoms with Gasteiger partial charge in [-0.2, -0.15) is 0 Å².